The average Bonchev–Trinajstić information content (AvgIpc) is 2.80. The smallest absolute Gasteiger partial charge is 0.263 e. The summed E-state index contributed by atoms with van der Waals surface area (Å²) in [4.78, 5) is 13.0. The minimum absolute atomic E-state index is 0.0338. The molecule has 3 rings (SSSR count). The first kappa shape index (κ1) is 25.6. The van der Waals surface area contributed by atoms with Crippen LogP contribution in [0.25, 0.3) is 0 Å². The molecule has 0 spiro atoms. The molecule has 180 valence electrons. The van der Waals surface area contributed by atoms with Crippen molar-refractivity contribution >= 4 is 33.2 Å². The Morgan fingerprint density at radius 1 is 1.03 bits per heavy atom. The maximum absolute atomic E-state index is 13.1. The highest BCUT2D eigenvalue weighted by atomic mass is 35.5. The predicted octanol–water partition coefficient (Wildman–Crippen LogP) is 5.98. The number of rotatable bonds is 9. The van der Waals surface area contributed by atoms with E-state index >= 15 is 0 Å². The monoisotopic (exact) mass is 500 g/mol. The van der Waals surface area contributed by atoms with Crippen LogP contribution >= 0.6 is 11.6 Å². The number of halogens is 1. The second-order valence-corrected chi connectivity index (χ2v) is 10.6. The fraction of sp³-hybridized carbons (Fsp3) is 0.269. The van der Waals surface area contributed by atoms with Gasteiger partial charge in [0.15, 0.2) is 0 Å². The molecule has 1 atom stereocenters. The third kappa shape index (κ3) is 6.30. The van der Waals surface area contributed by atoms with Gasteiger partial charge in [0.05, 0.1) is 23.9 Å². The van der Waals surface area contributed by atoms with Crippen molar-refractivity contribution in [2.45, 2.75) is 38.1 Å². The molecule has 0 saturated carbocycles. The van der Waals surface area contributed by atoms with Crippen LogP contribution in [0.2, 0.25) is 5.02 Å². The number of nitrogens with one attached hydrogen (secondary N) is 2. The van der Waals surface area contributed by atoms with E-state index in [0.717, 1.165) is 16.9 Å². The summed E-state index contributed by atoms with van der Waals surface area (Å²) >= 11 is 6.23. The molecule has 0 aliphatic rings. The molecule has 3 aromatic carbocycles. The van der Waals surface area contributed by atoms with Crippen molar-refractivity contribution in [2.75, 3.05) is 11.8 Å². The van der Waals surface area contributed by atoms with Crippen LogP contribution in [0.4, 0.5) is 5.69 Å². The van der Waals surface area contributed by atoms with Gasteiger partial charge in [0.2, 0.25) is 0 Å². The van der Waals surface area contributed by atoms with Crippen LogP contribution in [0.1, 0.15) is 47.8 Å². The third-order valence-corrected chi connectivity index (χ3v) is 7.25. The second-order valence-electron chi connectivity index (χ2n) is 8.49. The van der Waals surface area contributed by atoms with Gasteiger partial charge in [-0.2, -0.15) is 0 Å². The van der Waals surface area contributed by atoms with Crippen molar-refractivity contribution in [1.82, 2.24) is 5.32 Å². The van der Waals surface area contributed by atoms with E-state index in [4.69, 9.17) is 16.3 Å². The van der Waals surface area contributed by atoms with Crippen molar-refractivity contribution in [1.29, 1.82) is 0 Å². The number of carbonyl (C=O) groups is 1. The molecule has 0 aromatic heterocycles. The highest BCUT2D eigenvalue weighted by Gasteiger charge is 2.23. The number of para-hydroxylation sites is 1. The van der Waals surface area contributed by atoms with E-state index in [2.05, 4.69) is 23.9 Å². The average molecular weight is 501 g/mol. The zero-order chi connectivity index (χ0) is 24.9. The fourth-order valence-corrected chi connectivity index (χ4v) is 5.22. The van der Waals surface area contributed by atoms with Gasteiger partial charge in [-0.05, 0) is 66.8 Å². The molecule has 0 fully saturated rings. The van der Waals surface area contributed by atoms with Gasteiger partial charge >= 0.3 is 0 Å². The lowest BCUT2D eigenvalue weighted by Crippen LogP contribution is -2.29. The summed E-state index contributed by atoms with van der Waals surface area (Å²) in [5, 5.41) is 3.07. The summed E-state index contributed by atoms with van der Waals surface area (Å²) in [6.07, 6.45) is 0.714. The standard InChI is InChI=1S/C26H29ClN2O4S/c1-17(2)15-24(19-9-12-21(33-4)13-10-19)28-26(30)20-11-14-22(27)25(16-20)34(31,32)29-23-8-6-5-7-18(23)3/h5-14,16-17,24,29H,15H2,1-4H3,(H,28,30). The molecule has 0 radical (unpaired) electrons. The van der Waals surface area contributed by atoms with Crippen LogP contribution in [0, 0.1) is 12.8 Å². The van der Waals surface area contributed by atoms with Gasteiger partial charge in [0.25, 0.3) is 15.9 Å². The van der Waals surface area contributed by atoms with Gasteiger partial charge in [0, 0.05) is 5.56 Å². The molecular weight excluding hydrogens is 472 g/mol. The number of ether oxygens (including phenoxy) is 1. The summed E-state index contributed by atoms with van der Waals surface area (Å²) < 4.78 is 33.9. The second kappa shape index (κ2) is 10.9. The molecule has 6 nitrogen and oxygen atoms in total. The predicted molar refractivity (Wildman–Crippen MR) is 136 cm³/mol. The van der Waals surface area contributed by atoms with Crippen molar-refractivity contribution in [3.8, 4) is 5.75 Å². The Morgan fingerprint density at radius 3 is 2.32 bits per heavy atom. The van der Waals surface area contributed by atoms with E-state index < -0.39 is 10.0 Å². The first-order valence-electron chi connectivity index (χ1n) is 10.9. The Balaban J connectivity index is 1.88. The minimum atomic E-state index is -4.01. The Labute approximate surface area is 206 Å². The minimum Gasteiger partial charge on any atom is -0.497 e. The molecule has 0 heterocycles. The molecule has 2 N–H and O–H groups in total. The van der Waals surface area contributed by atoms with E-state index in [1.807, 2.05) is 30.3 Å². The maximum atomic E-state index is 13.1. The number of hydrogen-bond acceptors (Lipinski definition) is 4. The third-order valence-electron chi connectivity index (χ3n) is 5.40. The highest BCUT2D eigenvalue weighted by Crippen LogP contribution is 2.28. The van der Waals surface area contributed by atoms with Gasteiger partial charge in [-0.25, -0.2) is 8.42 Å². The zero-order valence-electron chi connectivity index (χ0n) is 19.6. The fourth-order valence-electron chi connectivity index (χ4n) is 3.57. The van der Waals surface area contributed by atoms with E-state index in [-0.39, 0.29) is 27.4 Å². The van der Waals surface area contributed by atoms with Crippen LogP contribution in [0.3, 0.4) is 0 Å². The number of carbonyl (C=O) groups excluding carboxylic acids is 1. The van der Waals surface area contributed by atoms with E-state index in [9.17, 15) is 13.2 Å². The van der Waals surface area contributed by atoms with Gasteiger partial charge in [-0.1, -0.05) is 55.8 Å². The molecule has 34 heavy (non-hydrogen) atoms. The van der Waals surface area contributed by atoms with E-state index in [1.165, 1.54) is 18.2 Å². The molecule has 3 aromatic rings. The Kier molecular flexibility index (Phi) is 8.23. The number of aryl methyl sites for hydroxylation is 1. The van der Waals surface area contributed by atoms with Crippen LogP contribution in [-0.2, 0) is 10.0 Å². The number of sulfonamides is 1. The number of hydrogen-bond donors (Lipinski definition) is 2. The molecule has 1 unspecified atom stereocenters. The summed E-state index contributed by atoms with van der Waals surface area (Å²) in [6, 6.07) is 18.5. The highest BCUT2D eigenvalue weighted by molar-refractivity contribution is 7.92. The summed E-state index contributed by atoms with van der Waals surface area (Å²) in [5.41, 5.74) is 2.36. The number of benzene rings is 3. The zero-order valence-corrected chi connectivity index (χ0v) is 21.2. The van der Waals surface area contributed by atoms with Crippen molar-refractivity contribution in [3.63, 3.8) is 0 Å². The van der Waals surface area contributed by atoms with Crippen LogP contribution < -0.4 is 14.8 Å². The van der Waals surface area contributed by atoms with Gasteiger partial charge in [0.1, 0.15) is 10.6 Å². The van der Waals surface area contributed by atoms with Gasteiger partial charge in [-0.15, -0.1) is 0 Å². The number of amides is 1. The Bertz CT molecular complexity index is 1260. The topological polar surface area (TPSA) is 84.5 Å². The lowest BCUT2D eigenvalue weighted by molar-refractivity contribution is 0.0931. The summed E-state index contributed by atoms with van der Waals surface area (Å²) in [5.74, 6) is 0.671. The van der Waals surface area contributed by atoms with E-state index in [0.29, 0.717) is 18.0 Å². The van der Waals surface area contributed by atoms with Crippen molar-refractivity contribution in [3.05, 3.63) is 88.4 Å². The molecule has 0 aliphatic carbocycles. The van der Waals surface area contributed by atoms with Crippen LogP contribution in [-0.4, -0.2) is 21.4 Å². The molecule has 0 bridgehead atoms. The first-order chi connectivity index (χ1) is 16.1. The first-order valence-corrected chi connectivity index (χ1v) is 12.8. The molecule has 8 heteroatoms. The molecule has 0 aliphatic heterocycles. The summed E-state index contributed by atoms with van der Waals surface area (Å²) in [6.45, 7) is 5.96. The largest absolute Gasteiger partial charge is 0.497 e. The number of methoxy groups -OCH3 is 1. The quantitative estimate of drug-likeness (QED) is 0.378. The summed E-state index contributed by atoms with van der Waals surface area (Å²) in [7, 11) is -2.41. The SMILES string of the molecule is COc1ccc(C(CC(C)C)NC(=O)c2ccc(Cl)c(S(=O)(=O)Nc3ccccc3C)c2)cc1. The molecule has 1 amide bonds. The molecule has 0 saturated heterocycles. The Hall–Kier alpha value is -3.03. The lowest BCUT2D eigenvalue weighted by Gasteiger charge is -2.22. The van der Waals surface area contributed by atoms with Gasteiger partial charge < -0.3 is 10.1 Å². The Morgan fingerprint density at radius 2 is 1.71 bits per heavy atom. The lowest BCUT2D eigenvalue weighted by atomic mass is 9.96. The van der Waals surface area contributed by atoms with Crippen molar-refractivity contribution < 1.29 is 17.9 Å². The van der Waals surface area contributed by atoms with E-state index in [1.54, 1.807) is 32.2 Å². The molecular formula is C26H29ClN2O4S. The normalized spacial score (nSPS) is 12.3. The number of anilines is 1. The maximum Gasteiger partial charge on any atom is 0.263 e. The van der Waals surface area contributed by atoms with Gasteiger partial charge in [-0.3, -0.25) is 9.52 Å². The van der Waals surface area contributed by atoms with Crippen molar-refractivity contribution in [2.24, 2.45) is 5.92 Å². The van der Waals surface area contributed by atoms with Crippen LogP contribution in [0.15, 0.2) is 71.6 Å². The van der Waals surface area contributed by atoms with Crippen LogP contribution in [0.5, 0.6) is 5.75 Å².